The highest BCUT2D eigenvalue weighted by molar-refractivity contribution is 7.90. The van der Waals surface area contributed by atoms with Gasteiger partial charge in [-0.15, -0.1) is 11.3 Å². The van der Waals surface area contributed by atoms with Gasteiger partial charge in [0.25, 0.3) is 5.91 Å². The Hall–Kier alpha value is -2.19. The third-order valence-corrected chi connectivity index (χ3v) is 7.10. The fourth-order valence-corrected chi connectivity index (χ4v) is 5.74. The summed E-state index contributed by atoms with van der Waals surface area (Å²) >= 11 is 1.36. The van der Waals surface area contributed by atoms with Gasteiger partial charge in [0.2, 0.25) is 5.91 Å². The SMILES string of the molecule is NC(=O)c1c(NC(=O)CCS(=O)(=O)Cc2ccccc2)sc2c1CCC2. The summed E-state index contributed by atoms with van der Waals surface area (Å²) in [6.07, 6.45) is 2.48. The molecule has 1 aliphatic carbocycles. The van der Waals surface area contributed by atoms with E-state index >= 15 is 0 Å². The van der Waals surface area contributed by atoms with Gasteiger partial charge in [0, 0.05) is 11.3 Å². The lowest BCUT2D eigenvalue weighted by molar-refractivity contribution is -0.115. The van der Waals surface area contributed by atoms with Crippen molar-refractivity contribution in [3.8, 4) is 0 Å². The second-order valence-electron chi connectivity index (χ2n) is 6.30. The zero-order chi connectivity index (χ0) is 18.7. The highest BCUT2D eigenvalue weighted by Crippen LogP contribution is 2.38. The van der Waals surface area contributed by atoms with Gasteiger partial charge in [-0.3, -0.25) is 9.59 Å². The van der Waals surface area contributed by atoms with Gasteiger partial charge in [0.05, 0.1) is 17.1 Å². The number of sulfone groups is 1. The van der Waals surface area contributed by atoms with Gasteiger partial charge >= 0.3 is 0 Å². The first kappa shape index (κ1) is 18.6. The molecule has 6 nitrogen and oxygen atoms in total. The Morgan fingerprint density at radius 2 is 1.88 bits per heavy atom. The Morgan fingerprint density at radius 1 is 1.15 bits per heavy atom. The summed E-state index contributed by atoms with van der Waals surface area (Å²) < 4.78 is 24.4. The molecule has 0 spiro atoms. The van der Waals surface area contributed by atoms with Gasteiger partial charge in [0.1, 0.15) is 5.00 Å². The van der Waals surface area contributed by atoms with Crippen molar-refractivity contribution in [1.82, 2.24) is 0 Å². The van der Waals surface area contributed by atoms with E-state index in [0.29, 0.717) is 16.1 Å². The van der Waals surface area contributed by atoms with Crippen molar-refractivity contribution in [2.24, 2.45) is 5.73 Å². The lowest BCUT2D eigenvalue weighted by Gasteiger charge is -2.07. The minimum atomic E-state index is -3.39. The maximum Gasteiger partial charge on any atom is 0.251 e. The molecule has 3 rings (SSSR count). The number of anilines is 1. The van der Waals surface area contributed by atoms with Crippen molar-refractivity contribution in [2.75, 3.05) is 11.1 Å². The Bertz CT molecular complexity index is 934. The van der Waals surface area contributed by atoms with Gasteiger partial charge < -0.3 is 11.1 Å². The van der Waals surface area contributed by atoms with Crippen molar-refractivity contribution in [3.05, 3.63) is 51.9 Å². The summed E-state index contributed by atoms with van der Waals surface area (Å²) in [5, 5.41) is 3.11. The Morgan fingerprint density at radius 3 is 2.58 bits per heavy atom. The number of fused-ring (bicyclic) bond motifs is 1. The fourth-order valence-electron chi connectivity index (χ4n) is 3.09. The molecule has 0 unspecified atom stereocenters. The van der Waals surface area contributed by atoms with E-state index in [1.165, 1.54) is 11.3 Å². The fraction of sp³-hybridized carbons (Fsp3) is 0.333. The van der Waals surface area contributed by atoms with E-state index in [2.05, 4.69) is 5.32 Å². The molecule has 2 amide bonds. The standard InChI is InChI=1S/C18H20N2O4S2/c19-17(22)16-13-7-4-8-14(13)25-18(16)20-15(21)9-10-26(23,24)11-12-5-2-1-3-6-12/h1-3,5-6H,4,7-11H2,(H2,19,22)(H,20,21). The molecule has 0 saturated carbocycles. The van der Waals surface area contributed by atoms with E-state index in [1.807, 2.05) is 6.07 Å². The lowest BCUT2D eigenvalue weighted by atomic mass is 10.1. The maximum absolute atomic E-state index is 12.2. The van der Waals surface area contributed by atoms with Crippen LogP contribution in [-0.2, 0) is 33.2 Å². The van der Waals surface area contributed by atoms with E-state index in [0.717, 1.165) is 29.7 Å². The van der Waals surface area contributed by atoms with Crippen LogP contribution in [0.1, 0.15) is 39.2 Å². The first-order valence-corrected chi connectivity index (χ1v) is 11.0. The summed E-state index contributed by atoms with van der Waals surface area (Å²) in [5.41, 5.74) is 7.45. The van der Waals surface area contributed by atoms with Crippen LogP contribution in [0, 0.1) is 0 Å². The average Bonchev–Trinajstić information content (AvgIpc) is 3.13. The molecule has 0 aliphatic heterocycles. The van der Waals surface area contributed by atoms with E-state index in [-0.39, 0.29) is 17.9 Å². The molecular formula is C18H20N2O4S2. The number of carbonyl (C=O) groups excluding carboxylic acids is 2. The minimum absolute atomic E-state index is 0.0963. The van der Waals surface area contributed by atoms with Gasteiger partial charge in [-0.25, -0.2) is 8.42 Å². The highest BCUT2D eigenvalue weighted by Gasteiger charge is 2.26. The number of nitrogens with one attached hydrogen (secondary N) is 1. The smallest absolute Gasteiger partial charge is 0.251 e. The van der Waals surface area contributed by atoms with Crippen LogP contribution in [0.4, 0.5) is 5.00 Å². The summed E-state index contributed by atoms with van der Waals surface area (Å²) in [6, 6.07) is 8.85. The molecule has 1 aromatic heterocycles. The van der Waals surface area contributed by atoms with E-state index in [4.69, 9.17) is 5.73 Å². The van der Waals surface area contributed by atoms with Crippen molar-refractivity contribution in [3.63, 3.8) is 0 Å². The number of rotatable bonds is 7. The molecule has 0 saturated heterocycles. The zero-order valence-corrected chi connectivity index (χ0v) is 15.8. The maximum atomic E-state index is 12.2. The molecule has 1 aromatic carbocycles. The van der Waals surface area contributed by atoms with E-state index in [9.17, 15) is 18.0 Å². The second-order valence-corrected chi connectivity index (χ2v) is 9.59. The summed E-state index contributed by atoms with van der Waals surface area (Å²) in [6.45, 7) is 0. The van der Waals surface area contributed by atoms with Crippen molar-refractivity contribution in [1.29, 1.82) is 0 Å². The largest absolute Gasteiger partial charge is 0.365 e. The normalized spacial score (nSPS) is 13.4. The third kappa shape index (κ3) is 4.31. The Balaban J connectivity index is 1.62. The first-order chi connectivity index (χ1) is 12.4. The number of primary amides is 1. The van der Waals surface area contributed by atoms with Gasteiger partial charge in [-0.2, -0.15) is 0 Å². The first-order valence-electron chi connectivity index (χ1n) is 8.34. The topological polar surface area (TPSA) is 106 Å². The van der Waals surface area contributed by atoms with Crippen molar-refractivity contribution in [2.45, 2.75) is 31.4 Å². The number of nitrogens with two attached hydrogens (primary N) is 1. The van der Waals surface area contributed by atoms with Crippen LogP contribution < -0.4 is 11.1 Å². The molecule has 0 bridgehead atoms. The third-order valence-electron chi connectivity index (χ3n) is 4.29. The van der Waals surface area contributed by atoms with Crippen molar-refractivity contribution < 1.29 is 18.0 Å². The molecule has 0 radical (unpaired) electrons. The zero-order valence-electron chi connectivity index (χ0n) is 14.2. The molecule has 1 aliphatic rings. The number of hydrogen-bond donors (Lipinski definition) is 2. The number of carbonyl (C=O) groups is 2. The van der Waals surface area contributed by atoms with Crippen molar-refractivity contribution >= 4 is 38.0 Å². The molecule has 8 heteroatoms. The predicted octanol–water partition coefficient (Wildman–Crippen LogP) is 2.28. The number of hydrogen-bond acceptors (Lipinski definition) is 5. The molecule has 3 N–H and O–H groups in total. The highest BCUT2D eigenvalue weighted by atomic mass is 32.2. The number of amides is 2. The average molecular weight is 393 g/mol. The molecule has 26 heavy (non-hydrogen) atoms. The number of thiophene rings is 1. The van der Waals surface area contributed by atoms with E-state index < -0.39 is 21.7 Å². The molecule has 2 aromatic rings. The number of aryl methyl sites for hydroxylation is 1. The molecular weight excluding hydrogens is 372 g/mol. The minimum Gasteiger partial charge on any atom is -0.365 e. The quantitative estimate of drug-likeness (QED) is 0.754. The van der Waals surface area contributed by atoms with Gasteiger partial charge in [-0.1, -0.05) is 30.3 Å². The number of benzene rings is 1. The lowest BCUT2D eigenvalue weighted by Crippen LogP contribution is -2.20. The molecule has 138 valence electrons. The Labute approximate surface area is 156 Å². The van der Waals surface area contributed by atoms with Crippen LogP contribution in [0.15, 0.2) is 30.3 Å². The monoisotopic (exact) mass is 392 g/mol. The van der Waals surface area contributed by atoms with E-state index in [1.54, 1.807) is 24.3 Å². The molecule has 0 atom stereocenters. The van der Waals surface area contributed by atoms with Crippen LogP contribution in [0.25, 0.3) is 0 Å². The van der Waals surface area contributed by atoms with Crippen LogP contribution in [0.2, 0.25) is 0 Å². The summed E-state index contributed by atoms with van der Waals surface area (Å²) in [5.74, 6) is -1.33. The van der Waals surface area contributed by atoms with Gasteiger partial charge in [-0.05, 0) is 30.4 Å². The summed E-state index contributed by atoms with van der Waals surface area (Å²) in [4.78, 5) is 25.0. The Kier molecular flexibility index (Phi) is 5.43. The second kappa shape index (κ2) is 7.59. The molecule has 0 fully saturated rings. The van der Waals surface area contributed by atoms with Crippen LogP contribution in [0.3, 0.4) is 0 Å². The van der Waals surface area contributed by atoms with Crippen LogP contribution in [-0.4, -0.2) is 26.0 Å². The van der Waals surface area contributed by atoms with Crippen LogP contribution >= 0.6 is 11.3 Å². The van der Waals surface area contributed by atoms with Gasteiger partial charge in [0.15, 0.2) is 9.84 Å². The molecule has 1 heterocycles. The van der Waals surface area contributed by atoms with Crippen LogP contribution in [0.5, 0.6) is 0 Å². The summed E-state index contributed by atoms with van der Waals surface area (Å²) in [7, 11) is -3.39. The predicted molar refractivity (Wildman–Crippen MR) is 102 cm³/mol.